The quantitative estimate of drug-likeness (QED) is 0.531. The Morgan fingerprint density at radius 1 is 1.62 bits per heavy atom. The first-order valence-corrected chi connectivity index (χ1v) is 4.11. The molecule has 0 unspecified atom stereocenters. The topological polar surface area (TPSA) is 95.6 Å². The van der Waals surface area contributed by atoms with Crippen LogP contribution in [0.2, 0.25) is 0 Å². The molecule has 0 bridgehead atoms. The minimum absolute atomic E-state index is 0.0264. The van der Waals surface area contributed by atoms with Gasteiger partial charge >= 0.3 is 0 Å². The van der Waals surface area contributed by atoms with E-state index in [0.717, 1.165) is 19.5 Å². The number of aromatic amines is 1. The second-order valence-corrected chi connectivity index (χ2v) is 2.91. The number of tetrazole rings is 1. The standard InChI is InChI=1S/C6H10N6O/c13-5(4-1-2-7-3-4)8-6-9-11-12-10-6/h4,7H,1-3H2,(H2,8,9,10,11,12,13)/t4-/m1/s1. The largest absolute Gasteiger partial charge is 0.316 e. The van der Waals surface area contributed by atoms with Crippen LogP contribution in [-0.2, 0) is 4.79 Å². The van der Waals surface area contributed by atoms with Crippen LogP contribution in [0.3, 0.4) is 0 Å². The second-order valence-electron chi connectivity index (χ2n) is 2.91. The van der Waals surface area contributed by atoms with Crippen LogP contribution in [0.4, 0.5) is 5.95 Å². The molecule has 1 atom stereocenters. The summed E-state index contributed by atoms with van der Waals surface area (Å²) >= 11 is 0. The van der Waals surface area contributed by atoms with E-state index in [2.05, 4.69) is 31.3 Å². The highest BCUT2D eigenvalue weighted by Crippen LogP contribution is 2.09. The van der Waals surface area contributed by atoms with Crippen LogP contribution in [0.15, 0.2) is 0 Å². The number of carbonyl (C=O) groups excluding carboxylic acids is 1. The van der Waals surface area contributed by atoms with Crippen LogP contribution in [0, 0.1) is 5.92 Å². The molecule has 1 aliphatic rings. The molecule has 2 rings (SSSR count). The summed E-state index contributed by atoms with van der Waals surface area (Å²) in [6.45, 7) is 1.62. The molecule has 0 saturated carbocycles. The minimum Gasteiger partial charge on any atom is -0.316 e. The Balaban J connectivity index is 1.91. The van der Waals surface area contributed by atoms with Gasteiger partial charge in [0.1, 0.15) is 0 Å². The van der Waals surface area contributed by atoms with Crippen molar-refractivity contribution in [3.8, 4) is 0 Å². The summed E-state index contributed by atoms with van der Waals surface area (Å²) in [6, 6.07) is 0. The van der Waals surface area contributed by atoms with E-state index in [1.54, 1.807) is 0 Å². The molecule has 13 heavy (non-hydrogen) atoms. The lowest BCUT2D eigenvalue weighted by Crippen LogP contribution is -2.25. The SMILES string of the molecule is O=C(Nc1nn[nH]n1)[C@@H]1CCNC1. The average molecular weight is 182 g/mol. The van der Waals surface area contributed by atoms with Gasteiger partial charge in [-0.05, 0) is 18.2 Å². The minimum atomic E-state index is -0.0496. The van der Waals surface area contributed by atoms with Crippen molar-refractivity contribution in [2.24, 2.45) is 5.92 Å². The van der Waals surface area contributed by atoms with Crippen molar-refractivity contribution in [3.63, 3.8) is 0 Å². The average Bonchev–Trinajstić information content (AvgIpc) is 2.74. The third-order valence-electron chi connectivity index (χ3n) is 2.01. The summed E-state index contributed by atoms with van der Waals surface area (Å²) in [5.74, 6) is 0.210. The molecule has 1 aromatic heterocycles. The lowest BCUT2D eigenvalue weighted by atomic mass is 10.1. The molecule has 0 spiro atoms. The summed E-state index contributed by atoms with van der Waals surface area (Å²) in [7, 11) is 0. The van der Waals surface area contributed by atoms with Crippen molar-refractivity contribution in [1.29, 1.82) is 0 Å². The summed E-state index contributed by atoms with van der Waals surface area (Å²) in [6.07, 6.45) is 0.865. The summed E-state index contributed by atoms with van der Waals surface area (Å²) < 4.78 is 0. The normalized spacial score (nSPS) is 21.7. The molecule has 0 radical (unpaired) electrons. The Morgan fingerprint density at radius 3 is 3.15 bits per heavy atom. The molecule has 0 aromatic carbocycles. The number of aromatic nitrogens is 4. The van der Waals surface area contributed by atoms with E-state index in [1.807, 2.05) is 0 Å². The van der Waals surface area contributed by atoms with Gasteiger partial charge in [0.05, 0.1) is 5.92 Å². The van der Waals surface area contributed by atoms with E-state index < -0.39 is 0 Å². The maximum absolute atomic E-state index is 11.4. The van der Waals surface area contributed by atoms with Gasteiger partial charge in [0.25, 0.3) is 5.95 Å². The van der Waals surface area contributed by atoms with E-state index in [9.17, 15) is 4.79 Å². The molecule has 1 amide bonds. The van der Waals surface area contributed by atoms with Crippen LogP contribution in [-0.4, -0.2) is 39.6 Å². The van der Waals surface area contributed by atoms with E-state index in [0.29, 0.717) is 0 Å². The Morgan fingerprint density at radius 2 is 2.54 bits per heavy atom. The Hall–Kier alpha value is -1.50. The summed E-state index contributed by atoms with van der Waals surface area (Å²) in [5.41, 5.74) is 0. The first-order valence-electron chi connectivity index (χ1n) is 4.11. The molecule has 7 nitrogen and oxygen atoms in total. The van der Waals surface area contributed by atoms with Crippen LogP contribution in [0.25, 0.3) is 0 Å². The first kappa shape index (κ1) is 8.11. The van der Waals surface area contributed by atoms with E-state index in [1.165, 1.54) is 0 Å². The molecule has 1 aliphatic heterocycles. The van der Waals surface area contributed by atoms with Crippen molar-refractivity contribution in [2.45, 2.75) is 6.42 Å². The molecule has 70 valence electrons. The van der Waals surface area contributed by atoms with Gasteiger partial charge in [-0.3, -0.25) is 10.1 Å². The van der Waals surface area contributed by atoms with Gasteiger partial charge in [-0.25, -0.2) is 0 Å². The van der Waals surface area contributed by atoms with Crippen LogP contribution >= 0.6 is 0 Å². The van der Waals surface area contributed by atoms with Gasteiger partial charge in [-0.1, -0.05) is 5.10 Å². The van der Waals surface area contributed by atoms with Gasteiger partial charge in [-0.15, -0.1) is 5.10 Å². The zero-order valence-electron chi connectivity index (χ0n) is 6.95. The van der Waals surface area contributed by atoms with Crippen LogP contribution < -0.4 is 10.6 Å². The molecule has 2 heterocycles. The van der Waals surface area contributed by atoms with Gasteiger partial charge in [0.15, 0.2) is 0 Å². The number of amides is 1. The maximum atomic E-state index is 11.4. The van der Waals surface area contributed by atoms with E-state index >= 15 is 0 Å². The molecule has 7 heteroatoms. The fraction of sp³-hybridized carbons (Fsp3) is 0.667. The highest BCUT2D eigenvalue weighted by Gasteiger charge is 2.22. The Labute approximate surface area is 74.3 Å². The van der Waals surface area contributed by atoms with E-state index in [-0.39, 0.29) is 17.8 Å². The van der Waals surface area contributed by atoms with Crippen molar-refractivity contribution in [3.05, 3.63) is 0 Å². The fourth-order valence-electron chi connectivity index (χ4n) is 1.31. The zero-order chi connectivity index (χ0) is 9.10. The van der Waals surface area contributed by atoms with Gasteiger partial charge in [0, 0.05) is 6.54 Å². The molecule has 1 fully saturated rings. The highest BCUT2D eigenvalue weighted by molar-refractivity contribution is 5.91. The number of hydrogen-bond acceptors (Lipinski definition) is 5. The lowest BCUT2D eigenvalue weighted by Gasteiger charge is -2.05. The Kier molecular flexibility index (Phi) is 2.17. The van der Waals surface area contributed by atoms with Crippen molar-refractivity contribution < 1.29 is 4.79 Å². The number of rotatable bonds is 2. The van der Waals surface area contributed by atoms with Gasteiger partial charge in [-0.2, -0.15) is 5.21 Å². The molecule has 0 aliphatic carbocycles. The number of anilines is 1. The van der Waals surface area contributed by atoms with Crippen LogP contribution in [0.5, 0.6) is 0 Å². The molecule has 3 N–H and O–H groups in total. The van der Waals surface area contributed by atoms with Gasteiger partial charge in [0.2, 0.25) is 5.91 Å². The molecular formula is C6H10N6O. The van der Waals surface area contributed by atoms with Crippen molar-refractivity contribution in [2.75, 3.05) is 18.4 Å². The summed E-state index contributed by atoms with van der Waals surface area (Å²) in [5, 5.41) is 18.5. The molecular weight excluding hydrogens is 172 g/mol. The Bertz CT molecular complexity index is 277. The number of nitrogens with one attached hydrogen (secondary N) is 3. The zero-order valence-corrected chi connectivity index (χ0v) is 6.95. The second kappa shape index (κ2) is 3.48. The highest BCUT2D eigenvalue weighted by atomic mass is 16.2. The first-order chi connectivity index (χ1) is 6.36. The predicted molar refractivity (Wildman–Crippen MR) is 43.8 cm³/mol. The van der Waals surface area contributed by atoms with Gasteiger partial charge < -0.3 is 5.32 Å². The fourth-order valence-corrected chi connectivity index (χ4v) is 1.31. The molecule has 1 aromatic rings. The smallest absolute Gasteiger partial charge is 0.269 e. The number of H-pyrrole nitrogens is 1. The summed E-state index contributed by atoms with van der Waals surface area (Å²) in [4.78, 5) is 11.4. The maximum Gasteiger partial charge on any atom is 0.269 e. The third kappa shape index (κ3) is 1.81. The van der Waals surface area contributed by atoms with Crippen LogP contribution in [0.1, 0.15) is 6.42 Å². The lowest BCUT2D eigenvalue weighted by molar-refractivity contribution is -0.119. The monoisotopic (exact) mass is 182 g/mol. The number of carbonyl (C=O) groups is 1. The third-order valence-corrected chi connectivity index (χ3v) is 2.01. The van der Waals surface area contributed by atoms with Crippen molar-refractivity contribution in [1.82, 2.24) is 25.9 Å². The van der Waals surface area contributed by atoms with E-state index in [4.69, 9.17) is 0 Å². The molecule has 1 saturated heterocycles. The predicted octanol–water partition coefficient (Wildman–Crippen LogP) is -1.25. The number of nitrogens with zero attached hydrogens (tertiary/aromatic N) is 3. The van der Waals surface area contributed by atoms with Crippen molar-refractivity contribution >= 4 is 11.9 Å². The number of hydrogen-bond donors (Lipinski definition) is 3.